The van der Waals surface area contributed by atoms with Gasteiger partial charge in [-0.05, 0) is 39.2 Å². The summed E-state index contributed by atoms with van der Waals surface area (Å²) in [5, 5.41) is 3.36. The molecule has 1 rings (SSSR count). The highest BCUT2D eigenvalue weighted by Crippen LogP contribution is 2.24. The lowest BCUT2D eigenvalue weighted by Gasteiger charge is -2.13. The van der Waals surface area contributed by atoms with Gasteiger partial charge in [-0.1, -0.05) is 0 Å². The number of rotatable bonds is 7. The number of ether oxygens (including phenoxy) is 1. The Balaban J connectivity index is 2.62. The van der Waals surface area contributed by atoms with Gasteiger partial charge in [0.25, 0.3) is 0 Å². The summed E-state index contributed by atoms with van der Waals surface area (Å²) in [4.78, 5) is 2.14. The Morgan fingerprint density at radius 2 is 2.12 bits per heavy atom. The molecule has 0 aromatic heterocycles. The van der Waals surface area contributed by atoms with E-state index in [0.29, 0.717) is 12.5 Å². The fraction of sp³-hybridized carbons (Fsp3) is 0.538. The van der Waals surface area contributed by atoms with Gasteiger partial charge < -0.3 is 15.0 Å². The van der Waals surface area contributed by atoms with E-state index < -0.39 is 0 Å². The molecule has 0 aliphatic carbocycles. The zero-order valence-electron chi connectivity index (χ0n) is 10.8. The minimum absolute atomic E-state index is 0.471. The summed E-state index contributed by atoms with van der Waals surface area (Å²) in [5.74, 6) is 1.35. The van der Waals surface area contributed by atoms with Crippen molar-refractivity contribution in [3.8, 4) is 5.75 Å². The van der Waals surface area contributed by atoms with Gasteiger partial charge in [-0.15, -0.1) is 11.6 Å². The number of alkyl halides is 1. The van der Waals surface area contributed by atoms with E-state index >= 15 is 0 Å². The van der Waals surface area contributed by atoms with Crippen LogP contribution in [0.25, 0.3) is 0 Å². The van der Waals surface area contributed by atoms with Gasteiger partial charge in [0.15, 0.2) is 0 Å². The topological polar surface area (TPSA) is 24.5 Å². The molecule has 96 valence electrons. The van der Waals surface area contributed by atoms with Gasteiger partial charge in [0.2, 0.25) is 0 Å². The number of hydrogen-bond acceptors (Lipinski definition) is 3. The molecule has 17 heavy (non-hydrogen) atoms. The Morgan fingerprint density at radius 3 is 2.71 bits per heavy atom. The van der Waals surface area contributed by atoms with E-state index in [1.807, 2.05) is 25.1 Å². The van der Waals surface area contributed by atoms with E-state index in [2.05, 4.69) is 24.3 Å². The lowest BCUT2D eigenvalue weighted by Crippen LogP contribution is -2.20. The standard InChI is InChI=1S/C13H21ClN2O/c1-4-17-13-6-5-12(9-11(13)10-14)15-7-8-16(2)3/h5-6,9,15H,4,7-8,10H2,1-3H3. The summed E-state index contributed by atoms with van der Waals surface area (Å²) in [6.07, 6.45) is 0. The largest absolute Gasteiger partial charge is 0.494 e. The van der Waals surface area contributed by atoms with E-state index in [4.69, 9.17) is 16.3 Å². The molecule has 0 aliphatic rings. The summed E-state index contributed by atoms with van der Waals surface area (Å²) in [6.45, 7) is 4.56. The summed E-state index contributed by atoms with van der Waals surface area (Å²) in [6, 6.07) is 6.05. The normalized spacial score (nSPS) is 10.6. The quantitative estimate of drug-likeness (QED) is 0.760. The number of hydrogen-bond donors (Lipinski definition) is 1. The summed E-state index contributed by atoms with van der Waals surface area (Å²) in [5.41, 5.74) is 2.12. The first kappa shape index (κ1) is 14.1. The van der Waals surface area contributed by atoms with E-state index in [1.54, 1.807) is 0 Å². The molecule has 0 saturated carbocycles. The molecule has 0 radical (unpaired) electrons. The maximum atomic E-state index is 5.91. The van der Waals surface area contributed by atoms with Gasteiger partial charge in [-0.2, -0.15) is 0 Å². The van der Waals surface area contributed by atoms with E-state index in [-0.39, 0.29) is 0 Å². The van der Waals surface area contributed by atoms with Crippen LogP contribution in [-0.4, -0.2) is 38.7 Å². The average Bonchev–Trinajstić information content (AvgIpc) is 2.30. The van der Waals surface area contributed by atoms with E-state index in [1.165, 1.54) is 0 Å². The molecule has 1 aromatic rings. The molecule has 0 spiro atoms. The van der Waals surface area contributed by atoms with E-state index in [9.17, 15) is 0 Å². The Morgan fingerprint density at radius 1 is 1.35 bits per heavy atom. The molecule has 0 amide bonds. The SMILES string of the molecule is CCOc1ccc(NCCN(C)C)cc1CCl. The fourth-order valence-electron chi connectivity index (χ4n) is 1.51. The Hall–Kier alpha value is -0.930. The predicted molar refractivity (Wildman–Crippen MR) is 74.2 cm³/mol. The van der Waals surface area contributed by atoms with Crippen molar-refractivity contribution in [2.75, 3.05) is 39.1 Å². The average molecular weight is 257 g/mol. The van der Waals surface area contributed by atoms with Crippen LogP contribution < -0.4 is 10.1 Å². The molecule has 0 unspecified atom stereocenters. The second kappa shape index (κ2) is 7.41. The van der Waals surface area contributed by atoms with Crippen molar-refractivity contribution >= 4 is 17.3 Å². The van der Waals surface area contributed by atoms with Gasteiger partial charge in [0, 0.05) is 24.3 Å². The number of nitrogens with one attached hydrogen (secondary N) is 1. The fourth-order valence-corrected chi connectivity index (χ4v) is 1.72. The van der Waals surface area contributed by atoms with Crippen LogP contribution in [0.5, 0.6) is 5.75 Å². The molecule has 0 saturated heterocycles. The highest BCUT2D eigenvalue weighted by atomic mass is 35.5. The van der Waals surface area contributed by atoms with Crippen molar-refractivity contribution in [3.63, 3.8) is 0 Å². The number of nitrogens with zero attached hydrogens (tertiary/aromatic N) is 1. The minimum atomic E-state index is 0.471. The van der Waals surface area contributed by atoms with Gasteiger partial charge in [0.05, 0.1) is 12.5 Å². The number of likely N-dealkylation sites (N-methyl/N-ethyl adjacent to an activating group) is 1. The highest BCUT2D eigenvalue weighted by Gasteiger charge is 2.03. The molecular formula is C13H21ClN2O. The van der Waals surface area contributed by atoms with Crippen LogP contribution in [0.15, 0.2) is 18.2 Å². The summed E-state index contributed by atoms with van der Waals surface area (Å²) >= 11 is 5.91. The maximum absolute atomic E-state index is 5.91. The van der Waals surface area contributed by atoms with Crippen molar-refractivity contribution in [2.24, 2.45) is 0 Å². The van der Waals surface area contributed by atoms with Crippen LogP contribution in [-0.2, 0) is 5.88 Å². The molecule has 1 N–H and O–H groups in total. The first-order chi connectivity index (χ1) is 8.17. The second-order valence-corrected chi connectivity index (χ2v) is 4.39. The molecule has 0 bridgehead atoms. The van der Waals surface area contributed by atoms with E-state index in [0.717, 1.165) is 30.1 Å². The zero-order chi connectivity index (χ0) is 12.7. The molecular weight excluding hydrogens is 236 g/mol. The van der Waals surface area contributed by atoms with Gasteiger partial charge >= 0.3 is 0 Å². The Bertz CT molecular complexity index is 342. The monoisotopic (exact) mass is 256 g/mol. The van der Waals surface area contributed by atoms with Gasteiger partial charge in [-0.25, -0.2) is 0 Å². The molecule has 0 aliphatic heterocycles. The number of anilines is 1. The van der Waals surface area contributed by atoms with Crippen LogP contribution in [0.2, 0.25) is 0 Å². The molecule has 0 atom stereocenters. The van der Waals surface area contributed by atoms with Crippen LogP contribution in [0, 0.1) is 0 Å². The molecule has 3 nitrogen and oxygen atoms in total. The van der Waals surface area contributed by atoms with Crippen molar-refractivity contribution in [3.05, 3.63) is 23.8 Å². The number of benzene rings is 1. The predicted octanol–water partition coefficient (Wildman–Crippen LogP) is 2.80. The molecule has 1 aromatic carbocycles. The summed E-state index contributed by atoms with van der Waals surface area (Å²) < 4.78 is 5.51. The summed E-state index contributed by atoms with van der Waals surface area (Å²) in [7, 11) is 4.12. The highest BCUT2D eigenvalue weighted by molar-refractivity contribution is 6.17. The van der Waals surface area contributed by atoms with Crippen LogP contribution >= 0.6 is 11.6 Å². The maximum Gasteiger partial charge on any atom is 0.123 e. The Kier molecular flexibility index (Phi) is 6.16. The first-order valence-electron chi connectivity index (χ1n) is 5.87. The molecule has 4 heteroatoms. The third-order valence-electron chi connectivity index (χ3n) is 2.39. The lowest BCUT2D eigenvalue weighted by molar-refractivity contribution is 0.337. The van der Waals surface area contributed by atoms with Gasteiger partial charge in [0.1, 0.15) is 5.75 Å². The number of halogens is 1. The van der Waals surface area contributed by atoms with Crippen molar-refractivity contribution in [1.29, 1.82) is 0 Å². The smallest absolute Gasteiger partial charge is 0.123 e. The lowest BCUT2D eigenvalue weighted by atomic mass is 10.2. The van der Waals surface area contributed by atoms with Crippen molar-refractivity contribution in [1.82, 2.24) is 4.90 Å². The van der Waals surface area contributed by atoms with Crippen molar-refractivity contribution < 1.29 is 4.74 Å². The Labute approximate surface area is 109 Å². The third-order valence-corrected chi connectivity index (χ3v) is 2.68. The van der Waals surface area contributed by atoms with Gasteiger partial charge in [-0.3, -0.25) is 0 Å². The second-order valence-electron chi connectivity index (χ2n) is 4.12. The molecule has 0 fully saturated rings. The molecule has 0 heterocycles. The van der Waals surface area contributed by atoms with Crippen LogP contribution in [0.3, 0.4) is 0 Å². The van der Waals surface area contributed by atoms with Crippen LogP contribution in [0.4, 0.5) is 5.69 Å². The van der Waals surface area contributed by atoms with Crippen LogP contribution in [0.1, 0.15) is 12.5 Å². The minimum Gasteiger partial charge on any atom is -0.494 e. The first-order valence-corrected chi connectivity index (χ1v) is 6.41. The third kappa shape index (κ3) is 4.84. The zero-order valence-corrected chi connectivity index (χ0v) is 11.5. The van der Waals surface area contributed by atoms with Crippen molar-refractivity contribution in [2.45, 2.75) is 12.8 Å².